The van der Waals surface area contributed by atoms with E-state index in [4.69, 9.17) is 0 Å². The van der Waals surface area contributed by atoms with Crippen molar-refractivity contribution in [3.8, 4) is 0 Å². The van der Waals surface area contributed by atoms with E-state index in [-0.39, 0.29) is 0 Å². The van der Waals surface area contributed by atoms with Crippen molar-refractivity contribution in [3.05, 3.63) is 0 Å². The fourth-order valence-electron chi connectivity index (χ4n) is 3.04. The van der Waals surface area contributed by atoms with Gasteiger partial charge in [-0.15, -0.1) is 0 Å². The molecule has 0 radical (unpaired) electrons. The molecule has 2 aliphatic rings. The van der Waals surface area contributed by atoms with Gasteiger partial charge < -0.3 is 4.90 Å². The van der Waals surface area contributed by atoms with Gasteiger partial charge in [0.25, 0.3) is 0 Å². The first-order chi connectivity index (χ1) is 7.25. The molecule has 15 heavy (non-hydrogen) atoms. The van der Waals surface area contributed by atoms with Crippen LogP contribution in [0.3, 0.4) is 0 Å². The molecule has 0 spiro atoms. The predicted octanol–water partition coefficient (Wildman–Crippen LogP) is 2.20. The molecule has 2 rings (SSSR count). The Morgan fingerprint density at radius 3 is 2.33 bits per heavy atom. The number of likely N-dealkylation sites (N-methyl/N-ethyl adjacent to an activating group) is 1. The van der Waals surface area contributed by atoms with Gasteiger partial charge in [-0.25, -0.2) is 0 Å². The van der Waals surface area contributed by atoms with Gasteiger partial charge in [0.15, 0.2) is 0 Å². The Hall–Kier alpha value is -0.0800. The van der Waals surface area contributed by atoms with Gasteiger partial charge in [0.05, 0.1) is 0 Å². The van der Waals surface area contributed by atoms with E-state index >= 15 is 0 Å². The third-order valence-corrected chi connectivity index (χ3v) is 4.26. The van der Waals surface area contributed by atoms with Crippen molar-refractivity contribution >= 4 is 0 Å². The summed E-state index contributed by atoms with van der Waals surface area (Å²) in [7, 11) is 2.26. The van der Waals surface area contributed by atoms with Crippen molar-refractivity contribution < 1.29 is 0 Å². The van der Waals surface area contributed by atoms with Crippen LogP contribution in [0.5, 0.6) is 0 Å². The second-order valence-electron chi connectivity index (χ2n) is 5.61. The summed E-state index contributed by atoms with van der Waals surface area (Å²) in [5.74, 6) is 0.982. The number of nitrogens with zero attached hydrogens (tertiary/aromatic N) is 2. The topological polar surface area (TPSA) is 6.48 Å². The molecule has 2 fully saturated rings. The van der Waals surface area contributed by atoms with E-state index in [0.29, 0.717) is 0 Å². The van der Waals surface area contributed by atoms with Crippen LogP contribution in [0.1, 0.15) is 39.0 Å². The minimum atomic E-state index is 0.910. The molecule has 88 valence electrons. The van der Waals surface area contributed by atoms with Crippen LogP contribution >= 0.6 is 0 Å². The van der Waals surface area contributed by atoms with Crippen molar-refractivity contribution in [1.29, 1.82) is 0 Å². The molecule has 1 aliphatic heterocycles. The largest absolute Gasteiger partial charge is 0.305 e. The van der Waals surface area contributed by atoms with Gasteiger partial charge in [-0.3, -0.25) is 4.90 Å². The van der Waals surface area contributed by atoms with Gasteiger partial charge in [-0.1, -0.05) is 6.92 Å². The zero-order chi connectivity index (χ0) is 10.7. The molecular formula is C13H26N2. The van der Waals surface area contributed by atoms with Crippen molar-refractivity contribution in [2.24, 2.45) is 5.92 Å². The fraction of sp³-hybridized carbons (Fsp3) is 1.00. The molecule has 1 heterocycles. The van der Waals surface area contributed by atoms with E-state index in [9.17, 15) is 0 Å². The van der Waals surface area contributed by atoms with Gasteiger partial charge in [-0.05, 0) is 58.2 Å². The lowest BCUT2D eigenvalue weighted by Crippen LogP contribution is -2.40. The van der Waals surface area contributed by atoms with Gasteiger partial charge in [-0.2, -0.15) is 0 Å². The summed E-state index contributed by atoms with van der Waals surface area (Å²) in [5.41, 5.74) is 0. The summed E-state index contributed by atoms with van der Waals surface area (Å²) >= 11 is 0. The van der Waals surface area contributed by atoms with E-state index in [2.05, 4.69) is 23.8 Å². The van der Waals surface area contributed by atoms with Crippen LogP contribution in [0, 0.1) is 5.92 Å². The lowest BCUT2D eigenvalue weighted by molar-refractivity contribution is 0.144. The third-order valence-electron chi connectivity index (χ3n) is 4.26. The molecule has 1 aliphatic carbocycles. The van der Waals surface area contributed by atoms with Crippen LogP contribution in [-0.4, -0.2) is 49.1 Å². The summed E-state index contributed by atoms with van der Waals surface area (Å²) in [6.45, 7) is 7.61. The second kappa shape index (κ2) is 5.31. The highest BCUT2D eigenvalue weighted by atomic mass is 15.2. The molecule has 0 aromatic carbocycles. The predicted molar refractivity (Wildman–Crippen MR) is 65.1 cm³/mol. The van der Waals surface area contributed by atoms with Crippen molar-refractivity contribution in [2.75, 3.05) is 33.2 Å². The quantitative estimate of drug-likeness (QED) is 0.655. The highest BCUT2D eigenvalue weighted by Gasteiger charge is 2.24. The SMILES string of the molecule is CC1CCC(N2CCCN(C)CC2)CC1. The van der Waals surface area contributed by atoms with Gasteiger partial charge >= 0.3 is 0 Å². The molecule has 0 amide bonds. The Labute approximate surface area is 94.6 Å². The minimum Gasteiger partial charge on any atom is -0.305 e. The maximum atomic E-state index is 2.76. The molecule has 0 atom stereocenters. The maximum absolute atomic E-state index is 2.76. The Morgan fingerprint density at radius 2 is 1.60 bits per heavy atom. The van der Waals surface area contributed by atoms with Gasteiger partial charge in [0, 0.05) is 19.1 Å². The average molecular weight is 210 g/mol. The zero-order valence-corrected chi connectivity index (χ0v) is 10.4. The van der Waals surface area contributed by atoms with E-state index < -0.39 is 0 Å². The number of hydrogen-bond donors (Lipinski definition) is 0. The van der Waals surface area contributed by atoms with Crippen LogP contribution in [0.4, 0.5) is 0 Å². The van der Waals surface area contributed by atoms with E-state index in [1.165, 1.54) is 58.3 Å². The highest BCUT2D eigenvalue weighted by Crippen LogP contribution is 2.27. The Kier molecular flexibility index (Phi) is 4.04. The smallest absolute Gasteiger partial charge is 0.0112 e. The van der Waals surface area contributed by atoms with Crippen LogP contribution in [0.15, 0.2) is 0 Å². The molecular weight excluding hydrogens is 184 g/mol. The van der Waals surface area contributed by atoms with Crippen LogP contribution in [0.2, 0.25) is 0 Å². The van der Waals surface area contributed by atoms with Crippen molar-refractivity contribution in [3.63, 3.8) is 0 Å². The second-order valence-corrected chi connectivity index (χ2v) is 5.61. The standard InChI is InChI=1S/C13H26N2/c1-12-4-6-13(7-5-12)15-9-3-8-14(2)10-11-15/h12-13H,3-11H2,1-2H3. The Balaban J connectivity index is 1.82. The summed E-state index contributed by atoms with van der Waals surface area (Å²) in [6, 6.07) is 0.910. The van der Waals surface area contributed by atoms with E-state index in [1.807, 2.05) is 0 Å². The molecule has 2 heteroatoms. The molecule has 1 saturated carbocycles. The summed E-state index contributed by atoms with van der Waals surface area (Å²) in [4.78, 5) is 5.24. The van der Waals surface area contributed by atoms with Crippen LogP contribution in [-0.2, 0) is 0 Å². The van der Waals surface area contributed by atoms with Crippen molar-refractivity contribution in [2.45, 2.75) is 45.1 Å². The summed E-state index contributed by atoms with van der Waals surface area (Å²) in [5, 5.41) is 0. The fourth-order valence-corrected chi connectivity index (χ4v) is 3.04. The minimum absolute atomic E-state index is 0.910. The lowest BCUT2D eigenvalue weighted by atomic mass is 9.86. The highest BCUT2D eigenvalue weighted by molar-refractivity contribution is 4.80. The molecule has 0 bridgehead atoms. The first-order valence-electron chi connectivity index (χ1n) is 6.68. The maximum Gasteiger partial charge on any atom is 0.0112 e. The molecule has 0 N–H and O–H groups in total. The first kappa shape index (κ1) is 11.4. The van der Waals surface area contributed by atoms with E-state index in [0.717, 1.165) is 12.0 Å². The monoisotopic (exact) mass is 210 g/mol. The summed E-state index contributed by atoms with van der Waals surface area (Å²) in [6.07, 6.45) is 7.17. The number of rotatable bonds is 1. The molecule has 0 aromatic rings. The normalized spacial score (nSPS) is 36.4. The third kappa shape index (κ3) is 3.18. The zero-order valence-electron chi connectivity index (χ0n) is 10.4. The molecule has 0 unspecified atom stereocenters. The molecule has 2 nitrogen and oxygen atoms in total. The first-order valence-corrected chi connectivity index (χ1v) is 6.68. The summed E-state index contributed by atoms with van der Waals surface area (Å²) < 4.78 is 0. The molecule has 0 aromatic heterocycles. The van der Waals surface area contributed by atoms with Crippen molar-refractivity contribution in [1.82, 2.24) is 9.80 Å². The van der Waals surface area contributed by atoms with E-state index in [1.54, 1.807) is 0 Å². The lowest BCUT2D eigenvalue weighted by Gasteiger charge is -2.35. The average Bonchev–Trinajstić information content (AvgIpc) is 2.44. The van der Waals surface area contributed by atoms with Gasteiger partial charge in [0.1, 0.15) is 0 Å². The number of hydrogen-bond acceptors (Lipinski definition) is 2. The molecule has 1 saturated heterocycles. The van der Waals surface area contributed by atoms with Crippen LogP contribution in [0.25, 0.3) is 0 Å². The van der Waals surface area contributed by atoms with Crippen LogP contribution < -0.4 is 0 Å². The Morgan fingerprint density at radius 1 is 0.867 bits per heavy atom. The van der Waals surface area contributed by atoms with Gasteiger partial charge in [0.2, 0.25) is 0 Å². The Bertz CT molecular complexity index is 185.